The van der Waals surface area contributed by atoms with Crippen LogP contribution in [0.15, 0.2) is 23.8 Å². The third-order valence-corrected chi connectivity index (χ3v) is 1.34. The summed E-state index contributed by atoms with van der Waals surface area (Å²) in [5.41, 5.74) is 1.12. The quantitative estimate of drug-likeness (QED) is 0.538. The van der Waals surface area contributed by atoms with Crippen LogP contribution in [0.25, 0.3) is 0 Å². The van der Waals surface area contributed by atoms with E-state index in [2.05, 4.69) is 0 Å². The maximum absolute atomic E-state index is 8.94. The minimum absolute atomic E-state index is 0.259. The van der Waals surface area contributed by atoms with Crippen LogP contribution in [-0.2, 0) is 0 Å². The number of allylic oxidation sites excluding steroid dienone is 3. The predicted octanol–water partition coefficient (Wildman–Crippen LogP) is 1.25. The first-order chi connectivity index (χ1) is 3.80. The zero-order valence-corrected chi connectivity index (χ0v) is 4.96. The standard InChI is InChI=1S/C7H10O/c1-6(8)7-4-2-3-5-7/h2-4,6,8H,5H2,1H3. The smallest absolute Gasteiger partial charge is 0.0728 e. The lowest BCUT2D eigenvalue weighted by atomic mass is 10.1. The average molecular weight is 110 g/mol. The van der Waals surface area contributed by atoms with Gasteiger partial charge in [0.2, 0.25) is 0 Å². The van der Waals surface area contributed by atoms with E-state index in [9.17, 15) is 0 Å². The molecule has 0 bridgehead atoms. The van der Waals surface area contributed by atoms with Gasteiger partial charge in [-0.3, -0.25) is 0 Å². The zero-order valence-electron chi connectivity index (χ0n) is 4.96. The summed E-state index contributed by atoms with van der Waals surface area (Å²) in [6, 6.07) is 0. The van der Waals surface area contributed by atoms with E-state index in [0.29, 0.717) is 0 Å². The Labute approximate surface area is 49.3 Å². The van der Waals surface area contributed by atoms with E-state index >= 15 is 0 Å². The Morgan fingerprint density at radius 1 is 1.75 bits per heavy atom. The molecule has 0 heterocycles. The Balaban J connectivity index is 2.51. The van der Waals surface area contributed by atoms with Gasteiger partial charge in [0.15, 0.2) is 0 Å². The van der Waals surface area contributed by atoms with Gasteiger partial charge in [-0.2, -0.15) is 0 Å². The van der Waals surface area contributed by atoms with Crippen molar-refractivity contribution in [2.75, 3.05) is 0 Å². The highest BCUT2D eigenvalue weighted by molar-refractivity contribution is 5.25. The van der Waals surface area contributed by atoms with Gasteiger partial charge in [-0.15, -0.1) is 0 Å². The second-order valence-corrected chi connectivity index (χ2v) is 2.05. The predicted molar refractivity (Wildman–Crippen MR) is 33.5 cm³/mol. The number of aliphatic hydroxyl groups excluding tert-OH is 1. The van der Waals surface area contributed by atoms with Crippen LogP contribution in [0.4, 0.5) is 0 Å². The second kappa shape index (κ2) is 2.14. The highest BCUT2D eigenvalue weighted by Crippen LogP contribution is 2.13. The summed E-state index contributed by atoms with van der Waals surface area (Å²) < 4.78 is 0. The van der Waals surface area contributed by atoms with Crippen molar-refractivity contribution in [3.63, 3.8) is 0 Å². The van der Waals surface area contributed by atoms with Gasteiger partial charge < -0.3 is 5.11 Å². The summed E-state index contributed by atoms with van der Waals surface area (Å²) in [4.78, 5) is 0. The SMILES string of the molecule is CC(O)C1=CC=CC1. The lowest BCUT2D eigenvalue weighted by molar-refractivity contribution is 0.229. The molecule has 1 heteroatoms. The summed E-state index contributed by atoms with van der Waals surface area (Å²) in [6.45, 7) is 1.79. The highest BCUT2D eigenvalue weighted by Gasteiger charge is 2.03. The summed E-state index contributed by atoms with van der Waals surface area (Å²) in [7, 11) is 0. The van der Waals surface area contributed by atoms with Crippen LogP contribution in [0.1, 0.15) is 13.3 Å². The summed E-state index contributed by atoms with van der Waals surface area (Å²) in [5, 5.41) is 8.94. The molecule has 1 aliphatic carbocycles. The van der Waals surface area contributed by atoms with E-state index in [1.165, 1.54) is 0 Å². The van der Waals surface area contributed by atoms with E-state index in [0.717, 1.165) is 12.0 Å². The van der Waals surface area contributed by atoms with Crippen LogP contribution in [-0.4, -0.2) is 11.2 Å². The molecule has 0 spiro atoms. The minimum atomic E-state index is -0.259. The van der Waals surface area contributed by atoms with E-state index in [1.807, 2.05) is 18.2 Å². The van der Waals surface area contributed by atoms with E-state index < -0.39 is 0 Å². The third kappa shape index (κ3) is 0.984. The fourth-order valence-corrected chi connectivity index (χ4v) is 0.774. The Morgan fingerprint density at radius 2 is 2.50 bits per heavy atom. The summed E-state index contributed by atoms with van der Waals surface area (Å²) >= 11 is 0. The molecule has 0 saturated heterocycles. The molecule has 1 unspecified atom stereocenters. The van der Waals surface area contributed by atoms with Gasteiger partial charge in [0, 0.05) is 0 Å². The van der Waals surface area contributed by atoms with Gasteiger partial charge >= 0.3 is 0 Å². The first-order valence-corrected chi connectivity index (χ1v) is 2.84. The molecule has 1 nitrogen and oxygen atoms in total. The third-order valence-electron chi connectivity index (χ3n) is 1.34. The van der Waals surface area contributed by atoms with Crippen LogP contribution in [0.5, 0.6) is 0 Å². The van der Waals surface area contributed by atoms with Gasteiger partial charge in [-0.05, 0) is 18.9 Å². The van der Waals surface area contributed by atoms with Crippen molar-refractivity contribution in [1.29, 1.82) is 0 Å². The minimum Gasteiger partial charge on any atom is -0.389 e. The van der Waals surface area contributed by atoms with Crippen molar-refractivity contribution < 1.29 is 5.11 Å². The van der Waals surface area contributed by atoms with Crippen LogP contribution in [0.3, 0.4) is 0 Å². The van der Waals surface area contributed by atoms with Crippen molar-refractivity contribution in [3.05, 3.63) is 23.8 Å². The van der Waals surface area contributed by atoms with Crippen molar-refractivity contribution in [2.45, 2.75) is 19.4 Å². The molecule has 0 aromatic heterocycles. The molecule has 0 aliphatic heterocycles. The lowest BCUT2D eigenvalue weighted by Crippen LogP contribution is -2.01. The Morgan fingerprint density at radius 3 is 2.75 bits per heavy atom. The molecule has 0 amide bonds. The zero-order chi connectivity index (χ0) is 5.98. The molecule has 0 saturated carbocycles. The largest absolute Gasteiger partial charge is 0.389 e. The van der Waals surface area contributed by atoms with Crippen molar-refractivity contribution >= 4 is 0 Å². The van der Waals surface area contributed by atoms with Crippen molar-refractivity contribution in [1.82, 2.24) is 0 Å². The molecule has 0 aromatic carbocycles. The van der Waals surface area contributed by atoms with E-state index in [4.69, 9.17) is 5.11 Å². The number of aliphatic hydroxyl groups is 1. The fourth-order valence-electron chi connectivity index (χ4n) is 0.774. The maximum Gasteiger partial charge on any atom is 0.0728 e. The first-order valence-electron chi connectivity index (χ1n) is 2.84. The molecule has 1 rings (SSSR count). The number of hydrogen-bond donors (Lipinski definition) is 1. The lowest BCUT2D eigenvalue weighted by Gasteiger charge is -2.01. The first kappa shape index (κ1) is 5.57. The second-order valence-electron chi connectivity index (χ2n) is 2.05. The molecule has 1 N–H and O–H groups in total. The van der Waals surface area contributed by atoms with Crippen LogP contribution in [0, 0.1) is 0 Å². The Bertz CT molecular complexity index is 131. The van der Waals surface area contributed by atoms with Crippen LogP contribution < -0.4 is 0 Å². The van der Waals surface area contributed by atoms with E-state index in [1.54, 1.807) is 6.92 Å². The summed E-state index contributed by atoms with van der Waals surface area (Å²) in [5.74, 6) is 0. The normalized spacial score (nSPS) is 21.0. The fraction of sp³-hybridized carbons (Fsp3) is 0.429. The molecule has 1 aliphatic rings. The number of rotatable bonds is 1. The number of hydrogen-bond acceptors (Lipinski definition) is 1. The Kier molecular flexibility index (Phi) is 1.49. The van der Waals surface area contributed by atoms with Crippen LogP contribution >= 0.6 is 0 Å². The monoisotopic (exact) mass is 110 g/mol. The molecule has 0 fully saturated rings. The molecule has 1 atom stereocenters. The highest BCUT2D eigenvalue weighted by atomic mass is 16.3. The Hall–Kier alpha value is -0.560. The molecule has 0 radical (unpaired) electrons. The molecule has 8 heavy (non-hydrogen) atoms. The van der Waals surface area contributed by atoms with Crippen LogP contribution in [0.2, 0.25) is 0 Å². The molecular formula is C7H10O. The molecule has 44 valence electrons. The van der Waals surface area contributed by atoms with Crippen molar-refractivity contribution in [2.24, 2.45) is 0 Å². The van der Waals surface area contributed by atoms with Gasteiger partial charge in [0.25, 0.3) is 0 Å². The van der Waals surface area contributed by atoms with Gasteiger partial charge in [0.05, 0.1) is 6.10 Å². The average Bonchev–Trinajstić information content (AvgIpc) is 2.12. The molecular weight excluding hydrogens is 100 g/mol. The van der Waals surface area contributed by atoms with Crippen molar-refractivity contribution in [3.8, 4) is 0 Å². The molecule has 0 aromatic rings. The van der Waals surface area contributed by atoms with Gasteiger partial charge in [-0.25, -0.2) is 0 Å². The van der Waals surface area contributed by atoms with Gasteiger partial charge in [-0.1, -0.05) is 18.2 Å². The maximum atomic E-state index is 8.94. The van der Waals surface area contributed by atoms with E-state index in [-0.39, 0.29) is 6.10 Å². The topological polar surface area (TPSA) is 20.2 Å². The van der Waals surface area contributed by atoms with Gasteiger partial charge in [0.1, 0.15) is 0 Å². The summed E-state index contributed by atoms with van der Waals surface area (Å²) in [6.07, 6.45) is 6.65.